The lowest BCUT2D eigenvalue weighted by Crippen LogP contribution is -2.34. The third-order valence-electron chi connectivity index (χ3n) is 5.06. The third kappa shape index (κ3) is 5.55. The Labute approximate surface area is 183 Å². The van der Waals surface area contributed by atoms with Crippen molar-refractivity contribution in [2.24, 2.45) is 0 Å². The molecule has 3 aromatic rings. The van der Waals surface area contributed by atoms with Crippen molar-refractivity contribution in [2.45, 2.75) is 12.6 Å². The molecule has 0 aliphatic carbocycles. The molecule has 0 spiro atoms. The first-order valence-corrected chi connectivity index (χ1v) is 9.96. The van der Waals surface area contributed by atoms with Crippen LogP contribution in [0.3, 0.4) is 0 Å². The third-order valence-corrected chi connectivity index (χ3v) is 5.06. The van der Waals surface area contributed by atoms with Crippen LogP contribution in [0.5, 0.6) is 17.2 Å². The number of likely N-dealkylation sites (N-methyl/N-ethyl adjacent to an activating group) is 1. The van der Waals surface area contributed by atoms with Gasteiger partial charge in [-0.2, -0.15) is 0 Å². The Morgan fingerprint density at radius 3 is 2.26 bits per heavy atom. The Hall–Kier alpha value is -3.51. The summed E-state index contributed by atoms with van der Waals surface area (Å²) in [7, 11) is 6.77. The van der Waals surface area contributed by atoms with Gasteiger partial charge in [0.25, 0.3) is 0 Å². The predicted octanol–water partition coefficient (Wildman–Crippen LogP) is 4.52. The molecule has 1 N–H and O–H groups in total. The molecular formula is C25H28N2O4. The van der Waals surface area contributed by atoms with E-state index >= 15 is 0 Å². The van der Waals surface area contributed by atoms with E-state index in [1.165, 1.54) is 0 Å². The fourth-order valence-corrected chi connectivity index (χ4v) is 3.50. The number of hydrogen-bond acceptors (Lipinski definition) is 5. The van der Waals surface area contributed by atoms with E-state index in [4.69, 9.17) is 14.2 Å². The van der Waals surface area contributed by atoms with Gasteiger partial charge in [-0.3, -0.25) is 9.69 Å². The number of methoxy groups -OCH3 is 3. The van der Waals surface area contributed by atoms with Crippen LogP contribution in [0, 0.1) is 0 Å². The zero-order valence-corrected chi connectivity index (χ0v) is 18.3. The number of nitrogens with one attached hydrogen (secondary N) is 1. The van der Waals surface area contributed by atoms with E-state index in [2.05, 4.69) is 5.32 Å². The highest BCUT2D eigenvalue weighted by atomic mass is 16.5. The molecule has 162 valence electrons. The largest absolute Gasteiger partial charge is 0.497 e. The molecule has 0 aliphatic rings. The smallest absolute Gasteiger partial charge is 0.246 e. The summed E-state index contributed by atoms with van der Waals surface area (Å²) in [4.78, 5) is 15.3. The van der Waals surface area contributed by atoms with Crippen molar-refractivity contribution in [2.75, 3.05) is 33.7 Å². The molecule has 0 saturated carbocycles. The van der Waals surface area contributed by atoms with E-state index in [0.29, 0.717) is 23.7 Å². The first-order valence-electron chi connectivity index (χ1n) is 9.96. The summed E-state index contributed by atoms with van der Waals surface area (Å²) in [6.07, 6.45) is 0. The average molecular weight is 421 g/mol. The van der Waals surface area contributed by atoms with Crippen LogP contribution >= 0.6 is 0 Å². The van der Waals surface area contributed by atoms with Gasteiger partial charge in [-0.1, -0.05) is 42.5 Å². The van der Waals surface area contributed by atoms with Gasteiger partial charge in [0.05, 0.1) is 21.3 Å². The Morgan fingerprint density at radius 2 is 1.58 bits per heavy atom. The molecule has 0 unspecified atom stereocenters. The summed E-state index contributed by atoms with van der Waals surface area (Å²) in [6.45, 7) is 0.512. The van der Waals surface area contributed by atoms with E-state index in [-0.39, 0.29) is 5.91 Å². The molecule has 1 atom stereocenters. The molecule has 31 heavy (non-hydrogen) atoms. The van der Waals surface area contributed by atoms with Gasteiger partial charge in [0.15, 0.2) is 0 Å². The van der Waals surface area contributed by atoms with Gasteiger partial charge in [-0.05, 0) is 30.8 Å². The highest BCUT2D eigenvalue weighted by Crippen LogP contribution is 2.29. The van der Waals surface area contributed by atoms with Crippen LogP contribution in [-0.4, -0.2) is 39.2 Å². The molecule has 6 nitrogen and oxygen atoms in total. The quantitative estimate of drug-likeness (QED) is 0.551. The summed E-state index contributed by atoms with van der Waals surface area (Å²) >= 11 is 0. The predicted molar refractivity (Wildman–Crippen MR) is 122 cm³/mol. The minimum atomic E-state index is -0.501. The van der Waals surface area contributed by atoms with Gasteiger partial charge in [-0.15, -0.1) is 0 Å². The number of benzene rings is 3. The first kappa shape index (κ1) is 22.2. The van der Waals surface area contributed by atoms with Crippen LogP contribution < -0.4 is 19.5 Å². The van der Waals surface area contributed by atoms with Gasteiger partial charge in [0, 0.05) is 29.9 Å². The number of carbonyl (C=O) groups is 1. The van der Waals surface area contributed by atoms with Crippen LogP contribution in [0.2, 0.25) is 0 Å². The molecule has 0 saturated heterocycles. The normalized spacial score (nSPS) is 11.6. The van der Waals surface area contributed by atoms with Crippen molar-refractivity contribution in [3.05, 3.63) is 83.9 Å². The molecule has 3 rings (SSSR count). The van der Waals surface area contributed by atoms with Crippen molar-refractivity contribution in [3.8, 4) is 17.2 Å². The van der Waals surface area contributed by atoms with E-state index in [9.17, 15) is 4.79 Å². The summed E-state index contributed by atoms with van der Waals surface area (Å²) in [5.74, 6) is 1.99. The summed E-state index contributed by atoms with van der Waals surface area (Å²) < 4.78 is 16.1. The Morgan fingerprint density at radius 1 is 0.871 bits per heavy atom. The fourth-order valence-electron chi connectivity index (χ4n) is 3.50. The monoisotopic (exact) mass is 420 g/mol. The molecule has 6 heteroatoms. The highest BCUT2D eigenvalue weighted by molar-refractivity contribution is 5.95. The Balaban J connectivity index is 1.87. The molecule has 0 heterocycles. The van der Waals surface area contributed by atoms with E-state index in [1.54, 1.807) is 27.4 Å². The molecule has 1 amide bonds. The van der Waals surface area contributed by atoms with Crippen LogP contribution in [-0.2, 0) is 11.3 Å². The van der Waals surface area contributed by atoms with Gasteiger partial charge in [0.1, 0.15) is 23.3 Å². The number of rotatable bonds is 9. The van der Waals surface area contributed by atoms with Crippen molar-refractivity contribution in [3.63, 3.8) is 0 Å². The standard InChI is InChI=1S/C25H28N2O4/c1-27(17-19-13-14-22(30-3)16-23(19)31-4)24(18-9-6-5-7-10-18)25(28)26-20-11-8-12-21(15-20)29-2/h5-16,24H,17H2,1-4H3,(H,26,28)/t24-/m0/s1. The summed E-state index contributed by atoms with van der Waals surface area (Å²) in [5, 5.41) is 3.02. The number of nitrogens with zero attached hydrogens (tertiary/aromatic N) is 1. The van der Waals surface area contributed by atoms with Crippen LogP contribution in [0.15, 0.2) is 72.8 Å². The minimum absolute atomic E-state index is 0.130. The van der Waals surface area contributed by atoms with Crippen molar-refractivity contribution >= 4 is 11.6 Å². The second kappa shape index (κ2) is 10.5. The zero-order valence-electron chi connectivity index (χ0n) is 18.3. The molecule has 0 aromatic heterocycles. The topological polar surface area (TPSA) is 60.0 Å². The van der Waals surface area contributed by atoms with Gasteiger partial charge >= 0.3 is 0 Å². The minimum Gasteiger partial charge on any atom is -0.497 e. The number of ether oxygens (including phenoxy) is 3. The number of hydrogen-bond donors (Lipinski definition) is 1. The Kier molecular flexibility index (Phi) is 7.51. The lowest BCUT2D eigenvalue weighted by atomic mass is 10.0. The van der Waals surface area contributed by atoms with Crippen LogP contribution in [0.1, 0.15) is 17.2 Å². The highest BCUT2D eigenvalue weighted by Gasteiger charge is 2.26. The maximum atomic E-state index is 13.4. The van der Waals surface area contributed by atoms with Gasteiger partial charge in [-0.25, -0.2) is 0 Å². The lowest BCUT2D eigenvalue weighted by Gasteiger charge is -2.28. The van der Waals surface area contributed by atoms with E-state index in [1.807, 2.05) is 78.7 Å². The molecular weight excluding hydrogens is 392 g/mol. The van der Waals surface area contributed by atoms with Gasteiger partial charge < -0.3 is 19.5 Å². The fraction of sp³-hybridized carbons (Fsp3) is 0.240. The first-order chi connectivity index (χ1) is 15.0. The average Bonchev–Trinajstić information content (AvgIpc) is 2.80. The van der Waals surface area contributed by atoms with Crippen molar-refractivity contribution < 1.29 is 19.0 Å². The molecule has 0 radical (unpaired) electrons. The second-order valence-corrected chi connectivity index (χ2v) is 7.13. The Bertz CT molecular complexity index is 1010. The van der Waals surface area contributed by atoms with Gasteiger partial charge in [0.2, 0.25) is 5.91 Å². The van der Waals surface area contributed by atoms with Crippen molar-refractivity contribution in [1.29, 1.82) is 0 Å². The van der Waals surface area contributed by atoms with Crippen molar-refractivity contribution in [1.82, 2.24) is 4.90 Å². The lowest BCUT2D eigenvalue weighted by molar-refractivity contribution is -0.121. The van der Waals surface area contributed by atoms with Crippen LogP contribution in [0.25, 0.3) is 0 Å². The number of carbonyl (C=O) groups excluding carboxylic acids is 1. The van der Waals surface area contributed by atoms with Crippen LogP contribution in [0.4, 0.5) is 5.69 Å². The SMILES string of the molecule is COc1cccc(NC(=O)[C@H](c2ccccc2)N(C)Cc2ccc(OC)cc2OC)c1. The summed E-state index contributed by atoms with van der Waals surface area (Å²) in [6, 6.07) is 22.2. The molecule has 0 aliphatic heterocycles. The molecule has 3 aromatic carbocycles. The number of anilines is 1. The number of amides is 1. The maximum absolute atomic E-state index is 13.4. The van der Waals surface area contributed by atoms with E-state index < -0.39 is 6.04 Å². The van der Waals surface area contributed by atoms with E-state index in [0.717, 1.165) is 16.9 Å². The summed E-state index contributed by atoms with van der Waals surface area (Å²) in [5.41, 5.74) is 2.54. The molecule has 0 fully saturated rings. The maximum Gasteiger partial charge on any atom is 0.246 e. The zero-order chi connectivity index (χ0) is 22.2. The molecule has 0 bridgehead atoms. The second-order valence-electron chi connectivity index (χ2n) is 7.13.